The van der Waals surface area contributed by atoms with E-state index in [1.54, 1.807) is 6.33 Å². The molecule has 1 atom stereocenters. The molecule has 176 valence electrons. The second kappa shape index (κ2) is 9.52. The highest BCUT2D eigenvalue weighted by molar-refractivity contribution is 5.74. The molecule has 4 N–H and O–H groups in total. The lowest BCUT2D eigenvalue weighted by atomic mass is 9.94. The fourth-order valence-corrected chi connectivity index (χ4v) is 4.41. The molecule has 0 spiro atoms. The minimum atomic E-state index is 0.143. The number of anilines is 3. The molecule has 5 rings (SSSR count). The Bertz CT molecular complexity index is 1460. The number of aromatic nitrogens is 5. The molecule has 35 heavy (non-hydrogen) atoms. The van der Waals surface area contributed by atoms with Crippen LogP contribution in [0.1, 0.15) is 29.5 Å². The Balaban J connectivity index is 1.56. The highest BCUT2D eigenvalue weighted by atomic mass is 15.4. The van der Waals surface area contributed by atoms with Crippen molar-refractivity contribution in [2.45, 2.75) is 25.8 Å². The summed E-state index contributed by atoms with van der Waals surface area (Å²) in [6.45, 7) is 2.69. The van der Waals surface area contributed by atoms with Crippen LogP contribution in [0, 0.1) is 0 Å². The summed E-state index contributed by atoms with van der Waals surface area (Å²) in [7, 11) is 1.97. The summed E-state index contributed by atoms with van der Waals surface area (Å²) in [4.78, 5) is 15.4. The van der Waals surface area contributed by atoms with Gasteiger partial charge < -0.3 is 16.4 Å². The summed E-state index contributed by atoms with van der Waals surface area (Å²) in [5, 5.41) is 4.46. The number of nitrogens with zero attached hydrogens (tertiary/aromatic N) is 6. The van der Waals surface area contributed by atoms with E-state index in [1.165, 1.54) is 5.56 Å². The van der Waals surface area contributed by atoms with E-state index < -0.39 is 0 Å². The van der Waals surface area contributed by atoms with Crippen LogP contribution in [0.15, 0.2) is 79.3 Å². The van der Waals surface area contributed by atoms with Gasteiger partial charge >= 0.3 is 0 Å². The smallest absolute Gasteiger partial charge is 0.221 e. The van der Waals surface area contributed by atoms with Gasteiger partial charge in [0.1, 0.15) is 18.0 Å². The minimum Gasteiger partial charge on any atom is -0.368 e. The maximum Gasteiger partial charge on any atom is 0.221 e. The largest absolute Gasteiger partial charge is 0.368 e. The fourth-order valence-electron chi connectivity index (χ4n) is 4.41. The molecule has 3 aromatic heterocycles. The standard InChI is InChI=1S/C27H28N8/c1-18(11-19-7-6-8-20(12-19)15-28)23-16-30-27(29)33-26(23)34(2)25-14-22(21-9-4-3-5-10-21)13-24-31-17-32-35(24)25/h3-10,12-14,16-18H,11,15,28H2,1-2H3,(H2,29,30,33). The summed E-state index contributed by atoms with van der Waals surface area (Å²) in [5.74, 6) is 1.93. The summed E-state index contributed by atoms with van der Waals surface area (Å²) in [6.07, 6.45) is 4.21. The van der Waals surface area contributed by atoms with Crippen molar-refractivity contribution in [1.82, 2.24) is 24.6 Å². The van der Waals surface area contributed by atoms with Crippen LogP contribution in [0.4, 0.5) is 17.6 Å². The third-order valence-corrected chi connectivity index (χ3v) is 6.24. The lowest BCUT2D eigenvalue weighted by molar-refractivity contribution is 0.744. The van der Waals surface area contributed by atoms with Crippen LogP contribution < -0.4 is 16.4 Å². The number of fused-ring (bicyclic) bond motifs is 1. The van der Waals surface area contributed by atoms with Gasteiger partial charge in [-0.25, -0.2) is 9.97 Å². The number of hydrogen-bond donors (Lipinski definition) is 2. The number of nitrogens with two attached hydrogens (primary N) is 2. The molecule has 2 aromatic carbocycles. The first-order valence-electron chi connectivity index (χ1n) is 11.6. The molecule has 0 aliphatic rings. The minimum absolute atomic E-state index is 0.143. The van der Waals surface area contributed by atoms with E-state index in [-0.39, 0.29) is 11.9 Å². The van der Waals surface area contributed by atoms with E-state index >= 15 is 0 Å². The zero-order chi connectivity index (χ0) is 24.4. The topological polar surface area (TPSA) is 111 Å². The monoisotopic (exact) mass is 464 g/mol. The molecular weight excluding hydrogens is 436 g/mol. The highest BCUT2D eigenvalue weighted by Crippen LogP contribution is 2.34. The van der Waals surface area contributed by atoms with Crippen LogP contribution in [0.3, 0.4) is 0 Å². The molecule has 3 heterocycles. The Morgan fingerprint density at radius 3 is 2.54 bits per heavy atom. The van der Waals surface area contributed by atoms with Gasteiger partial charge in [0.2, 0.25) is 5.95 Å². The van der Waals surface area contributed by atoms with Gasteiger partial charge in [-0.1, -0.05) is 61.5 Å². The predicted molar refractivity (Wildman–Crippen MR) is 139 cm³/mol. The number of nitrogen functional groups attached to an aromatic ring is 1. The first kappa shape index (κ1) is 22.5. The van der Waals surface area contributed by atoms with Crippen molar-refractivity contribution in [3.8, 4) is 11.1 Å². The second-order valence-electron chi connectivity index (χ2n) is 8.69. The van der Waals surface area contributed by atoms with Gasteiger partial charge in [-0.05, 0) is 46.7 Å². The summed E-state index contributed by atoms with van der Waals surface area (Å²) < 4.78 is 1.81. The summed E-state index contributed by atoms with van der Waals surface area (Å²) in [5.41, 5.74) is 18.1. The van der Waals surface area contributed by atoms with Gasteiger partial charge in [-0.2, -0.15) is 14.6 Å². The zero-order valence-corrected chi connectivity index (χ0v) is 19.8. The Morgan fingerprint density at radius 2 is 1.74 bits per heavy atom. The van der Waals surface area contributed by atoms with Gasteiger partial charge in [0, 0.05) is 25.4 Å². The van der Waals surface area contributed by atoms with Crippen molar-refractivity contribution < 1.29 is 0 Å². The third kappa shape index (κ3) is 4.56. The van der Waals surface area contributed by atoms with Gasteiger partial charge in [0.25, 0.3) is 0 Å². The maximum atomic E-state index is 6.05. The lowest BCUT2D eigenvalue weighted by Gasteiger charge is -2.25. The average Bonchev–Trinajstić information content (AvgIpc) is 3.37. The van der Waals surface area contributed by atoms with Crippen LogP contribution in [0.25, 0.3) is 16.8 Å². The van der Waals surface area contributed by atoms with Crippen molar-refractivity contribution >= 4 is 23.2 Å². The third-order valence-electron chi connectivity index (χ3n) is 6.24. The van der Waals surface area contributed by atoms with Crippen LogP contribution in [0.5, 0.6) is 0 Å². The fraction of sp³-hybridized carbons (Fsp3) is 0.185. The van der Waals surface area contributed by atoms with E-state index in [0.717, 1.165) is 46.0 Å². The average molecular weight is 465 g/mol. The molecule has 5 aromatic rings. The molecule has 0 aliphatic carbocycles. The van der Waals surface area contributed by atoms with Gasteiger partial charge in [0.15, 0.2) is 5.65 Å². The molecule has 0 saturated heterocycles. The Morgan fingerprint density at radius 1 is 0.943 bits per heavy atom. The normalized spacial score (nSPS) is 12.1. The molecule has 8 nitrogen and oxygen atoms in total. The summed E-state index contributed by atoms with van der Waals surface area (Å²) in [6, 6.07) is 22.7. The molecule has 1 unspecified atom stereocenters. The van der Waals surface area contributed by atoms with Crippen LogP contribution in [-0.2, 0) is 13.0 Å². The number of benzene rings is 2. The van der Waals surface area contributed by atoms with E-state index in [1.807, 2.05) is 59.1 Å². The van der Waals surface area contributed by atoms with Crippen molar-refractivity contribution in [2.24, 2.45) is 5.73 Å². The molecule has 0 aliphatic heterocycles. The molecule has 0 radical (unpaired) electrons. The van der Waals surface area contributed by atoms with E-state index in [9.17, 15) is 0 Å². The van der Waals surface area contributed by atoms with E-state index in [2.05, 4.69) is 57.3 Å². The van der Waals surface area contributed by atoms with Gasteiger partial charge in [-0.3, -0.25) is 0 Å². The van der Waals surface area contributed by atoms with Crippen LogP contribution in [0.2, 0.25) is 0 Å². The molecule has 0 bridgehead atoms. The SMILES string of the molecule is CC(Cc1cccc(CN)c1)c1cnc(N)nc1N(C)c1cc(-c2ccccc2)cc2ncnn12. The Labute approximate surface area is 204 Å². The quantitative estimate of drug-likeness (QED) is 0.368. The second-order valence-corrected chi connectivity index (χ2v) is 8.69. The van der Waals surface area contributed by atoms with Gasteiger partial charge in [-0.15, -0.1) is 0 Å². The first-order valence-corrected chi connectivity index (χ1v) is 11.6. The zero-order valence-electron chi connectivity index (χ0n) is 19.8. The maximum absolute atomic E-state index is 6.05. The highest BCUT2D eigenvalue weighted by Gasteiger charge is 2.21. The Hall–Kier alpha value is -4.30. The predicted octanol–water partition coefficient (Wildman–Crippen LogP) is 4.34. The van der Waals surface area contributed by atoms with Crippen LogP contribution in [-0.4, -0.2) is 31.6 Å². The molecule has 8 heteroatoms. The first-order chi connectivity index (χ1) is 17.0. The van der Waals surface area contributed by atoms with Crippen molar-refractivity contribution in [3.63, 3.8) is 0 Å². The van der Waals surface area contributed by atoms with Crippen molar-refractivity contribution in [3.05, 3.63) is 95.9 Å². The molecule has 0 saturated carbocycles. The van der Waals surface area contributed by atoms with Gasteiger partial charge in [0.05, 0.1) is 0 Å². The van der Waals surface area contributed by atoms with Crippen LogP contribution >= 0.6 is 0 Å². The summed E-state index contributed by atoms with van der Waals surface area (Å²) >= 11 is 0. The number of hydrogen-bond acceptors (Lipinski definition) is 7. The van der Waals surface area contributed by atoms with Crippen molar-refractivity contribution in [1.29, 1.82) is 0 Å². The number of rotatable bonds is 7. The van der Waals surface area contributed by atoms with E-state index in [4.69, 9.17) is 11.5 Å². The van der Waals surface area contributed by atoms with Crippen molar-refractivity contribution in [2.75, 3.05) is 17.7 Å². The lowest BCUT2D eigenvalue weighted by Crippen LogP contribution is -2.19. The molecule has 0 fully saturated rings. The van der Waals surface area contributed by atoms with E-state index in [0.29, 0.717) is 6.54 Å². The number of pyridine rings is 1. The molecular formula is C27H28N8. The molecule has 0 amide bonds. The Kier molecular flexibility index (Phi) is 6.12.